The lowest BCUT2D eigenvalue weighted by molar-refractivity contribution is 0.00710. The second-order valence-corrected chi connectivity index (χ2v) is 7.34. The van der Waals surface area contributed by atoms with Gasteiger partial charge in [-0.1, -0.05) is 24.3 Å². The molecule has 1 aliphatic carbocycles. The number of cyclic esters (lactones) is 1. The van der Waals surface area contributed by atoms with E-state index >= 15 is 0 Å². The van der Waals surface area contributed by atoms with Crippen LogP contribution in [0.1, 0.15) is 55.9 Å². The molecule has 3 N–H and O–H groups in total. The Morgan fingerprint density at radius 2 is 2.04 bits per heavy atom. The number of rotatable bonds is 0. The number of alkyl carbamates (subject to hydrolysis) is 1. The fourth-order valence-electron chi connectivity index (χ4n) is 4.29. The molecule has 0 spiro atoms. The predicted octanol–water partition coefficient (Wildman–Crippen LogP) is 2.58. The molecule has 1 aromatic rings. The Labute approximate surface area is 148 Å². The van der Waals surface area contributed by atoms with Crippen LogP contribution in [0.25, 0.3) is 0 Å². The quantitative estimate of drug-likeness (QED) is 0.674. The minimum atomic E-state index is -0.368. The maximum Gasteiger partial charge on any atom is 0.407 e. The van der Waals surface area contributed by atoms with Crippen molar-refractivity contribution in [2.45, 2.75) is 56.9 Å². The van der Waals surface area contributed by atoms with Crippen LogP contribution in [-0.2, 0) is 9.47 Å². The molecule has 1 amide bonds. The number of carbonyl (C=O) groups is 1. The van der Waals surface area contributed by atoms with Crippen LogP contribution >= 0.6 is 0 Å². The van der Waals surface area contributed by atoms with Crippen LogP contribution < -0.4 is 16.2 Å². The molecule has 0 aromatic heterocycles. The summed E-state index contributed by atoms with van der Waals surface area (Å²) in [6, 6.07) is 9.15. The Bertz CT molecular complexity index is 624. The minimum absolute atomic E-state index is 0.266. The minimum Gasteiger partial charge on any atom is -0.442 e. The number of amides is 1. The van der Waals surface area contributed by atoms with Gasteiger partial charge in [0.05, 0.1) is 12.1 Å². The van der Waals surface area contributed by atoms with E-state index in [2.05, 4.69) is 28.3 Å². The first-order chi connectivity index (χ1) is 12.2. The van der Waals surface area contributed by atoms with Gasteiger partial charge in [-0.3, -0.25) is 5.43 Å². The highest BCUT2D eigenvalue weighted by molar-refractivity contribution is 5.67. The maximum absolute atomic E-state index is 11.9. The van der Waals surface area contributed by atoms with Crippen molar-refractivity contribution in [3.05, 3.63) is 35.4 Å². The van der Waals surface area contributed by atoms with Crippen LogP contribution in [0.3, 0.4) is 0 Å². The van der Waals surface area contributed by atoms with E-state index in [4.69, 9.17) is 9.47 Å². The summed E-state index contributed by atoms with van der Waals surface area (Å²) in [5, 5.41) is 2.81. The Hall–Kier alpha value is -1.63. The first kappa shape index (κ1) is 16.8. The van der Waals surface area contributed by atoms with Crippen molar-refractivity contribution in [3.63, 3.8) is 0 Å². The van der Waals surface area contributed by atoms with Crippen molar-refractivity contribution in [2.24, 2.45) is 5.92 Å². The molecule has 1 saturated heterocycles. The largest absolute Gasteiger partial charge is 0.442 e. The normalized spacial score (nSPS) is 35.9. The standard InChI is InChI=1S/C19H27N3O3/c1-12-13-4-2-5-14(10-13)18-16-11-15(6-7-17(16)21-22-18)24-9-3-8-20-19(23)25-12/h2,4-5,10,12,15-18,21-22H,3,6-9,11H2,1H3,(H,20,23). The van der Waals surface area contributed by atoms with E-state index in [9.17, 15) is 4.79 Å². The first-order valence-corrected chi connectivity index (χ1v) is 9.37. The molecule has 5 unspecified atom stereocenters. The third-order valence-electron chi connectivity index (χ3n) is 5.67. The highest BCUT2D eigenvalue weighted by Gasteiger charge is 2.41. The van der Waals surface area contributed by atoms with Crippen molar-refractivity contribution >= 4 is 6.09 Å². The van der Waals surface area contributed by atoms with Gasteiger partial charge in [-0.25, -0.2) is 10.2 Å². The van der Waals surface area contributed by atoms with E-state index in [0.29, 0.717) is 31.2 Å². The number of benzene rings is 1. The third-order valence-corrected chi connectivity index (χ3v) is 5.67. The van der Waals surface area contributed by atoms with Gasteiger partial charge < -0.3 is 14.8 Å². The van der Waals surface area contributed by atoms with Crippen molar-refractivity contribution in [1.82, 2.24) is 16.2 Å². The molecule has 1 aromatic carbocycles. The second-order valence-electron chi connectivity index (χ2n) is 7.34. The van der Waals surface area contributed by atoms with E-state index < -0.39 is 0 Å². The zero-order valence-electron chi connectivity index (χ0n) is 14.7. The van der Waals surface area contributed by atoms with Crippen molar-refractivity contribution < 1.29 is 14.3 Å². The number of fused-ring (bicyclic) bond motifs is 4. The van der Waals surface area contributed by atoms with E-state index in [0.717, 1.165) is 31.2 Å². The lowest BCUT2D eigenvalue weighted by Crippen LogP contribution is -2.37. The number of nitrogens with one attached hydrogen (secondary N) is 3. The average molecular weight is 345 g/mol. The van der Waals surface area contributed by atoms with Crippen LogP contribution in [0.4, 0.5) is 4.79 Å². The molecule has 136 valence electrons. The smallest absolute Gasteiger partial charge is 0.407 e. The maximum atomic E-state index is 11.9. The van der Waals surface area contributed by atoms with Crippen LogP contribution in [0, 0.1) is 5.92 Å². The molecule has 25 heavy (non-hydrogen) atoms. The summed E-state index contributed by atoms with van der Waals surface area (Å²) in [5.74, 6) is 0.523. The second kappa shape index (κ2) is 7.32. The number of hydrazine groups is 1. The van der Waals surface area contributed by atoms with Crippen LogP contribution in [0.15, 0.2) is 24.3 Å². The summed E-state index contributed by atoms with van der Waals surface area (Å²) in [6.45, 7) is 3.17. The summed E-state index contributed by atoms with van der Waals surface area (Å²) < 4.78 is 11.6. The zero-order valence-corrected chi connectivity index (χ0v) is 14.7. The fraction of sp³-hybridized carbons (Fsp3) is 0.632. The highest BCUT2D eigenvalue weighted by atomic mass is 16.6. The molecule has 2 aliphatic heterocycles. The molecule has 5 atom stereocenters. The Morgan fingerprint density at radius 1 is 1.16 bits per heavy atom. The summed E-state index contributed by atoms with van der Waals surface area (Å²) in [7, 11) is 0. The van der Waals surface area contributed by atoms with Crippen LogP contribution in [0.5, 0.6) is 0 Å². The van der Waals surface area contributed by atoms with Crippen LogP contribution in [-0.4, -0.2) is 31.4 Å². The third kappa shape index (κ3) is 3.66. The zero-order chi connectivity index (χ0) is 17.2. The van der Waals surface area contributed by atoms with Crippen molar-refractivity contribution in [3.8, 4) is 0 Å². The predicted molar refractivity (Wildman–Crippen MR) is 93.8 cm³/mol. The molecular weight excluding hydrogens is 318 g/mol. The molecule has 4 rings (SSSR count). The van der Waals surface area contributed by atoms with Crippen molar-refractivity contribution in [1.29, 1.82) is 0 Å². The number of carbonyl (C=O) groups excluding carboxylic acids is 1. The first-order valence-electron chi connectivity index (χ1n) is 9.37. The lowest BCUT2D eigenvalue weighted by Gasteiger charge is -2.33. The summed E-state index contributed by atoms with van der Waals surface area (Å²) >= 11 is 0. The Kier molecular flexibility index (Phi) is 4.92. The average Bonchev–Trinajstić information content (AvgIpc) is 3.04. The Balaban J connectivity index is 1.61. The van der Waals surface area contributed by atoms with Crippen molar-refractivity contribution in [2.75, 3.05) is 13.2 Å². The van der Waals surface area contributed by atoms with Gasteiger partial charge in [0, 0.05) is 19.2 Å². The van der Waals surface area contributed by atoms with Crippen LogP contribution in [0.2, 0.25) is 0 Å². The monoisotopic (exact) mass is 345 g/mol. The molecule has 3 aliphatic rings. The summed E-state index contributed by atoms with van der Waals surface area (Å²) in [4.78, 5) is 11.9. The lowest BCUT2D eigenvalue weighted by atomic mass is 9.78. The summed E-state index contributed by atoms with van der Waals surface area (Å²) in [6.07, 6.45) is 3.77. The van der Waals surface area contributed by atoms with Gasteiger partial charge in [-0.2, -0.15) is 0 Å². The molecule has 2 fully saturated rings. The van der Waals surface area contributed by atoms with E-state index in [1.165, 1.54) is 5.56 Å². The number of ether oxygens (including phenoxy) is 2. The van der Waals surface area contributed by atoms with Gasteiger partial charge in [0.1, 0.15) is 6.10 Å². The molecular formula is C19H27N3O3. The fourth-order valence-corrected chi connectivity index (χ4v) is 4.29. The molecule has 2 heterocycles. The van der Waals surface area contributed by atoms with E-state index in [-0.39, 0.29) is 18.2 Å². The number of hydrogen-bond donors (Lipinski definition) is 3. The molecule has 6 nitrogen and oxygen atoms in total. The molecule has 6 heteroatoms. The highest BCUT2D eigenvalue weighted by Crippen LogP contribution is 2.39. The van der Waals surface area contributed by atoms with E-state index in [1.807, 2.05) is 19.1 Å². The Morgan fingerprint density at radius 3 is 2.96 bits per heavy atom. The topological polar surface area (TPSA) is 71.6 Å². The number of hydrogen-bond acceptors (Lipinski definition) is 5. The van der Waals surface area contributed by atoms with Gasteiger partial charge in [0.15, 0.2) is 0 Å². The van der Waals surface area contributed by atoms with Gasteiger partial charge in [0.25, 0.3) is 0 Å². The molecule has 1 saturated carbocycles. The van der Waals surface area contributed by atoms with Gasteiger partial charge in [0.2, 0.25) is 0 Å². The molecule has 0 radical (unpaired) electrons. The van der Waals surface area contributed by atoms with Gasteiger partial charge >= 0.3 is 6.09 Å². The van der Waals surface area contributed by atoms with Gasteiger partial charge in [-0.15, -0.1) is 0 Å². The summed E-state index contributed by atoms with van der Waals surface area (Å²) in [5.41, 5.74) is 9.22. The van der Waals surface area contributed by atoms with Gasteiger partial charge in [-0.05, 0) is 49.7 Å². The SMILES string of the molecule is CC1OC(=O)NCCCOC2CCC3NNC(c4cccc1c4)C3C2. The van der Waals surface area contributed by atoms with E-state index in [1.54, 1.807) is 0 Å². The molecule has 4 bridgehead atoms.